The highest BCUT2D eigenvalue weighted by atomic mass is 19.4. The number of nitrogens with one attached hydrogen (secondary N) is 1. The summed E-state index contributed by atoms with van der Waals surface area (Å²) in [5.74, 6) is -0.872. The summed E-state index contributed by atoms with van der Waals surface area (Å²) in [6.07, 6.45) is 0.890. The number of pyridine rings is 1. The van der Waals surface area contributed by atoms with Crippen LogP contribution in [0.15, 0.2) is 42.6 Å². The second-order valence-corrected chi connectivity index (χ2v) is 8.20. The Morgan fingerprint density at radius 1 is 1.16 bits per heavy atom. The molecule has 3 aromatic rings. The molecule has 1 aliphatic rings. The molecule has 0 radical (unpaired) electrons. The number of anilines is 1. The van der Waals surface area contributed by atoms with Gasteiger partial charge in [-0.05, 0) is 54.7 Å². The Morgan fingerprint density at radius 3 is 2.48 bits per heavy atom. The van der Waals surface area contributed by atoms with Gasteiger partial charge < -0.3 is 10.1 Å². The first kappa shape index (κ1) is 21.1. The lowest BCUT2D eigenvalue weighted by Gasteiger charge is -2.22. The molecule has 1 aromatic carbocycles. The fraction of sp³-hybridized carbons (Fsp3) is 0.364. The first-order valence-corrected chi connectivity index (χ1v) is 9.96. The third-order valence-corrected chi connectivity index (χ3v) is 5.60. The minimum atomic E-state index is -4.80. The molecule has 0 unspecified atom stereocenters. The molecule has 164 valence electrons. The lowest BCUT2D eigenvalue weighted by molar-refractivity contribution is -0.274. The Labute approximate surface area is 176 Å². The van der Waals surface area contributed by atoms with Crippen molar-refractivity contribution in [2.24, 2.45) is 5.41 Å². The number of alkyl halides is 3. The van der Waals surface area contributed by atoms with Crippen molar-refractivity contribution in [1.29, 1.82) is 0 Å². The molecule has 2 heterocycles. The molecule has 31 heavy (non-hydrogen) atoms. The average molecular weight is 435 g/mol. The molecule has 0 saturated heterocycles. The molecular formula is C22H21F4N3O2. The van der Waals surface area contributed by atoms with Gasteiger partial charge in [0, 0.05) is 18.2 Å². The second-order valence-electron chi connectivity index (χ2n) is 8.20. The van der Waals surface area contributed by atoms with Crippen LogP contribution in [0.1, 0.15) is 39.0 Å². The van der Waals surface area contributed by atoms with Crippen molar-refractivity contribution in [3.05, 3.63) is 48.4 Å². The standard InChI is InChI=1S/C22H21F4N3O2/c1-21(10-2-3-11-21)12-18(30)28-20-19(29-13-15(23)6-9-17(29)27-20)14-4-7-16(8-5-14)31-22(24,25)26/h4-9,13H,2-3,10-12H2,1H3,(H,28,30). The normalized spacial score (nSPS) is 15.9. The van der Waals surface area contributed by atoms with Crippen LogP contribution in [0.25, 0.3) is 16.9 Å². The van der Waals surface area contributed by atoms with E-state index in [4.69, 9.17) is 0 Å². The molecule has 5 nitrogen and oxygen atoms in total. The Kier molecular flexibility index (Phi) is 5.36. The van der Waals surface area contributed by atoms with Crippen LogP contribution < -0.4 is 10.1 Å². The van der Waals surface area contributed by atoms with Gasteiger partial charge in [-0.2, -0.15) is 0 Å². The summed E-state index contributed by atoms with van der Waals surface area (Å²) in [5, 5.41) is 2.82. The maximum Gasteiger partial charge on any atom is 0.573 e. The number of carbonyl (C=O) groups excluding carboxylic acids is 1. The highest BCUT2D eigenvalue weighted by Crippen LogP contribution is 2.41. The van der Waals surface area contributed by atoms with Crippen molar-refractivity contribution in [2.75, 3.05) is 5.32 Å². The van der Waals surface area contributed by atoms with Crippen molar-refractivity contribution in [1.82, 2.24) is 9.38 Å². The van der Waals surface area contributed by atoms with Gasteiger partial charge in [0.2, 0.25) is 5.91 Å². The summed E-state index contributed by atoms with van der Waals surface area (Å²) in [7, 11) is 0. The zero-order valence-electron chi connectivity index (χ0n) is 16.8. The van der Waals surface area contributed by atoms with E-state index >= 15 is 0 Å². The lowest BCUT2D eigenvalue weighted by atomic mass is 9.85. The van der Waals surface area contributed by atoms with Crippen LogP contribution in [0.5, 0.6) is 5.75 Å². The molecular weight excluding hydrogens is 414 g/mol. The van der Waals surface area contributed by atoms with Crippen LogP contribution in [0.4, 0.5) is 23.4 Å². The number of imidazole rings is 1. The largest absolute Gasteiger partial charge is 0.573 e. The van der Waals surface area contributed by atoms with Crippen molar-refractivity contribution >= 4 is 17.4 Å². The number of aromatic nitrogens is 2. The first-order valence-electron chi connectivity index (χ1n) is 9.96. The molecule has 0 aliphatic heterocycles. The van der Waals surface area contributed by atoms with Crippen LogP contribution in [0, 0.1) is 11.2 Å². The lowest BCUT2D eigenvalue weighted by Crippen LogP contribution is -2.22. The van der Waals surface area contributed by atoms with E-state index < -0.39 is 12.2 Å². The minimum Gasteiger partial charge on any atom is -0.406 e. The summed E-state index contributed by atoms with van der Waals surface area (Å²) < 4.78 is 56.6. The summed E-state index contributed by atoms with van der Waals surface area (Å²) in [4.78, 5) is 17.1. The molecule has 2 aromatic heterocycles. The second kappa shape index (κ2) is 7.86. The number of halogens is 4. The zero-order valence-corrected chi connectivity index (χ0v) is 16.8. The number of fused-ring (bicyclic) bond motifs is 1. The Bertz CT molecular complexity index is 1100. The van der Waals surface area contributed by atoms with E-state index in [9.17, 15) is 22.4 Å². The number of hydrogen-bond donors (Lipinski definition) is 1. The highest BCUT2D eigenvalue weighted by molar-refractivity contribution is 5.94. The molecule has 1 amide bonds. The monoisotopic (exact) mass is 435 g/mol. The molecule has 9 heteroatoms. The summed E-state index contributed by atoms with van der Waals surface area (Å²) in [5.41, 5.74) is 1.16. The molecule has 1 fully saturated rings. The Hall–Kier alpha value is -3.10. The van der Waals surface area contributed by atoms with E-state index in [1.165, 1.54) is 34.9 Å². The van der Waals surface area contributed by atoms with Crippen LogP contribution in [0.3, 0.4) is 0 Å². The number of benzene rings is 1. The summed E-state index contributed by atoms with van der Waals surface area (Å²) in [6, 6.07) is 7.84. The van der Waals surface area contributed by atoms with E-state index in [1.54, 1.807) is 0 Å². The molecule has 0 bridgehead atoms. The molecule has 4 rings (SSSR count). The van der Waals surface area contributed by atoms with E-state index in [-0.39, 0.29) is 22.9 Å². The molecule has 0 spiro atoms. The van der Waals surface area contributed by atoms with Gasteiger partial charge in [-0.25, -0.2) is 9.37 Å². The van der Waals surface area contributed by atoms with Gasteiger partial charge in [-0.1, -0.05) is 19.8 Å². The van der Waals surface area contributed by atoms with E-state index in [2.05, 4.69) is 22.0 Å². The third kappa shape index (κ3) is 4.81. The van der Waals surface area contributed by atoms with Crippen LogP contribution in [0.2, 0.25) is 0 Å². The van der Waals surface area contributed by atoms with Crippen LogP contribution >= 0.6 is 0 Å². The van der Waals surface area contributed by atoms with Crippen molar-refractivity contribution < 1.29 is 27.1 Å². The number of amides is 1. The summed E-state index contributed by atoms with van der Waals surface area (Å²) >= 11 is 0. The van der Waals surface area contributed by atoms with E-state index in [0.29, 0.717) is 23.3 Å². The van der Waals surface area contributed by atoms with Gasteiger partial charge in [0.1, 0.15) is 17.2 Å². The minimum absolute atomic E-state index is 0.0634. The molecule has 0 atom stereocenters. The van der Waals surface area contributed by atoms with E-state index in [0.717, 1.165) is 37.8 Å². The average Bonchev–Trinajstić information content (AvgIpc) is 3.24. The topological polar surface area (TPSA) is 55.6 Å². The number of rotatable bonds is 5. The number of carbonyl (C=O) groups is 1. The van der Waals surface area contributed by atoms with Gasteiger partial charge in [0.05, 0.1) is 5.69 Å². The van der Waals surface area contributed by atoms with Crippen molar-refractivity contribution in [3.63, 3.8) is 0 Å². The predicted molar refractivity (Wildman–Crippen MR) is 107 cm³/mol. The molecule has 1 aliphatic carbocycles. The maximum absolute atomic E-state index is 13.9. The first-order chi connectivity index (χ1) is 14.6. The van der Waals surface area contributed by atoms with Gasteiger partial charge >= 0.3 is 6.36 Å². The van der Waals surface area contributed by atoms with Gasteiger partial charge in [-0.15, -0.1) is 13.2 Å². The fourth-order valence-electron chi connectivity index (χ4n) is 4.17. The van der Waals surface area contributed by atoms with E-state index in [1.807, 2.05) is 0 Å². The smallest absolute Gasteiger partial charge is 0.406 e. The van der Waals surface area contributed by atoms with Crippen LogP contribution in [-0.2, 0) is 4.79 Å². The van der Waals surface area contributed by atoms with Gasteiger partial charge in [0.25, 0.3) is 0 Å². The van der Waals surface area contributed by atoms with Gasteiger partial charge in [0.15, 0.2) is 5.82 Å². The number of ether oxygens (including phenoxy) is 1. The predicted octanol–water partition coefficient (Wildman–Crippen LogP) is 5.95. The van der Waals surface area contributed by atoms with Crippen LogP contribution in [-0.4, -0.2) is 21.7 Å². The maximum atomic E-state index is 13.9. The SMILES string of the molecule is CC1(CC(=O)Nc2nc3ccc(F)cn3c2-c2ccc(OC(F)(F)F)cc2)CCCC1. The quantitative estimate of drug-likeness (QED) is 0.504. The Balaban J connectivity index is 1.68. The van der Waals surface area contributed by atoms with Crippen molar-refractivity contribution in [3.8, 4) is 17.0 Å². The van der Waals surface area contributed by atoms with Gasteiger partial charge in [-0.3, -0.25) is 9.20 Å². The molecule has 1 saturated carbocycles. The fourth-order valence-corrected chi connectivity index (χ4v) is 4.17. The Morgan fingerprint density at radius 2 is 1.84 bits per heavy atom. The number of nitrogens with zero attached hydrogens (tertiary/aromatic N) is 2. The number of hydrogen-bond acceptors (Lipinski definition) is 3. The summed E-state index contributed by atoms with van der Waals surface area (Å²) in [6.45, 7) is 2.08. The third-order valence-electron chi connectivity index (χ3n) is 5.60. The highest BCUT2D eigenvalue weighted by Gasteiger charge is 2.32. The van der Waals surface area contributed by atoms with Crippen molar-refractivity contribution in [2.45, 2.75) is 45.4 Å². The molecule has 1 N–H and O–H groups in total. The zero-order chi connectivity index (χ0) is 22.2.